The normalized spacial score (nSPS) is 9.73. The molecule has 15 heavy (non-hydrogen) atoms. The molecule has 0 aliphatic heterocycles. The lowest BCUT2D eigenvalue weighted by atomic mass is 10.1. The molecule has 80 valence electrons. The highest BCUT2D eigenvalue weighted by Gasteiger charge is 2.09. The van der Waals surface area contributed by atoms with Crippen molar-refractivity contribution in [3.8, 4) is 0 Å². The number of aliphatic carboxylic acids is 1. The lowest BCUT2D eigenvalue weighted by molar-refractivity contribution is -0.136. The van der Waals surface area contributed by atoms with Gasteiger partial charge in [-0.25, -0.2) is 4.79 Å². The fraction of sp³-hybridized carbons (Fsp3) is 0.200. The van der Waals surface area contributed by atoms with Crippen LogP contribution in [-0.4, -0.2) is 24.2 Å². The van der Waals surface area contributed by atoms with Gasteiger partial charge in [0.2, 0.25) is 0 Å². The van der Waals surface area contributed by atoms with E-state index in [2.05, 4.69) is 20.7 Å². The van der Waals surface area contributed by atoms with Gasteiger partial charge >= 0.3 is 11.9 Å². The van der Waals surface area contributed by atoms with Gasteiger partial charge < -0.3 is 9.84 Å². The third kappa shape index (κ3) is 3.36. The molecule has 1 N–H and O–H groups in total. The number of halogens is 1. The molecule has 0 aliphatic rings. The van der Waals surface area contributed by atoms with Crippen molar-refractivity contribution in [3.63, 3.8) is 0 Å². The number of carboxylic acid groups (broad SMARTS) is 1. The highest BCUT2D eigenvalue weighted by Crippen LogP contribution is 2.17. The molecule has 0 aliphatic carbocycles. The van der Waals surface area contributed by atoms with Crippen molar-refractivity contribution in [2.45, 2.75) is 6.42 Å². The zero-order valence-electron chi connectivity index (χ0n) is 7.99. The van der Waals surface area contributed by atoms with E-state index in [1.54, 1.807) is 12.1 Å². The van der Waals surface area contributed by atoms with Crippen LogP contribution < -0.4 is 0 Å². The minimum atomic E-state index is -0.941. The third-order valence-corrected chi connectivity index (χ3v) is 2.19. The summed E-state index contributed by atoms with van der Waals surface area (Å²) in [5, 5.41) is 8.61. The summed E-state index contributed by atoms with van der Waals surface area (Å²) in [6.45, 7) is 0. The lowest BCUT2D eigenvalue weighted by Gasteiger charge is -2.03. The third-order valence-electron chi connectivity index (χ3n) is 1.73. The highest BCUT2D eigenvalue weighted by molar-refractivity contribution is 9.10. The zero-order valence-corrected chi connectivity index (χ0v) is 9.58. The van der Waals surface area contributed by atoms with E-state index in [-0.39, 0.29) is 6.42 Å². The first-order chi connectivity index (χ1) is 7.02. The van der Waals surface area contributed by atoms with Gasteiger partial charge in [-0.1, -0.05) is 15.9 Å². The second kappa shape index (κ2) is 4.93. The second-order valence-corrected chi connectivity index (χ2v) is 3.83. The summed E-state index contributed by atoms with van der Waals surface area (Å²) >= 11 is 3.20. The largest absolute Gasteiger partial charge is 0.481 e. The van der Waals surface area contributed by atoms with Gasteiger partial charge in [-0.3, -0.25) is 4.79 Å². The zero-order chi connectivity index (χ0) is 11.4. The summed E-state index contributed by atoms with van der Waals surface area (Å²) in [4.78, 5) is 21.7. The van der Waals surface area contributed by atoms with Gasteiger partial charge in [-0.2, -0.15) is 0 Å². The SMILES string of the molecule is COC(=O)c1cc(Br)cc(CC(=O)O)c1. The molecule has 1 aromatic carbocycles. The topological polar surface area (TPSA) is 63.6 Å². The maximum absolute atomic E-state index is 11.2. The molecule has 0 fully saturated rings. The number of ether oxygens (including phenoxy) is 1. The van der Waals surface area contributed by atoms with Crippen LogP contribution >= 0.6 is 15.9 Å². The molecule has 1 aromatic rings. The molecule has 0 saturated heterocycles. The van der Waals surface area contributed by atoms with Crippen molar-refractivity contribution in [2.75, 3.05) is 7.11 Å². The van der Waals surface area contributed by atoms with E-state index in [0.29, 0.717) is 15.6 Å². The summed E-state index contributed by atoms with van der Waals surface area (Å²) in [5.74, 6) is -1.42. The number of carboxylic acids is 1. The molecule has 0 aromatic heterocycles. The van der Waals surface area contributed by atoms with Crippen LogP contribution in [0.3, 0.4) is 0 Å². The monoisotopic (exact) mass is 272 g/mol. The Kier molecular flexibility index (Phi) is 3.85. The van der Waals surface area contributed by atoms with Crippen molar-refractivity contribution in [1.29, 1.82) is 0 Å². The summed E-state index contributed by atoms with van der Waals surface area (Å²) in [5.41, 5.74) is 0.889. The van der Waals surface area contributed by atoms with Crippen LogP contribution in [0, 0.1) is 0 Å². The Morgan fingerprint density at radius 3 is 2.60 bits per heavy atom. The fourth-order valence-electron chi connectivity index (χ4n) is 1.16. The van der Waals surface area contributed by atoms with Crippen LogP contribution in [0.4, 0.5) is 0 Å². The lowest BCUT2D eigenvalue weighted by Crippen LogP contribution is -2.05. The number of hydrogen-bond donors (Lipinski definition) is 1. The van der Waals surface area contributed by atoms with E-state index in [1.807, 2.05) is 0 Å². The summed E-state index contributed by atoms with van der Waals surface area (Å²) in [7, 11) is 1.28. The van der Waals surface area contributed by atoms with Gasteiger partial charge in [0.25, 0.3) is 0 Å². The summed E-state index contributed by atoms with van der Waals surface area (Å²) < 4.78 is 5.20. The van der Waals surface area contributed by atoms with E-state index in [9.17, 15) is 9.59 Å². The molecule has 4 nitrogen and oxygen atoms in total. The Balaban J connectivity index is 3.04. The Bertz CT molecular complexity index is 400. The van der Waals surface area contributed by atoms with E-state index in [4.69, 9.17) is 5.11 Å². The Hall–Kier alpha value is -1.36. The van der Waals surface area contributed by atoms with E-state index >= 15 is 0 Å². The van der Waals surface area contributed by atoms with Crippen LogP contribution in [0.15, 0.2) is 22.7 Å². The number of carbonyl (C=O) groups is 2. The molecule has 0 bridgehead atoms. The summed E-state index contributed by atoms with van der Waals surface area (Å²) in [6.07, 6.45) is -0.122. The number of methoxy groups -OCH3 is 1. The standard InChI is InChI=1S/C10H9BrO4/c1-15-10(14)7-2-6(4-9(12)13)3-8(11)5-7/h2-3,5H,4H2,1H3,(H,12,13). The van der Waals surface area contributed by atoms with Gasteiger partial charge in [-0.15, -0.1) is 0 Å². The highest BCUT2D eigenvalue weighted by atomic mass is 79.9. The first-order valence-electron chi connectivity index (χ1n) is 4.12. The molecular formula is C10H9BrO4. The quantitative estimate of drug-likeness (QED) is 0.854. The average molecular weight is 273 g/mol. The molecule has 5 heteroatoms. The fourth-order valence-corrected chi connectivity index (χ4v) is 1.70. The number of esters is 1. The first-order valence-corrected chi connectivity index (χ1v) is 4.92. The predicted octanol–water partition coefficient (Wildman–Crippen LogP) is 1.86. The Labute approximate surface area is 95.0 Å². The van der Waals surface area contributed by atoms with Crippen LogP contribution in [-0.2, 0) is 16.0 Å². The number of hydrogen-bond acceptors (Lipinski definition) is 3. The maximum Gasteiger partial charge on any atom is 0.337 e. The maximum atomic E-state index is 11.2. The number of rotatable bonds is 3. The van der Waals surface area contributed by atoms with Crippen LogP contribution in [0.2, 0.25) is 0 Å². The van der Waals surface area contributed by atoms with Gasteiger partial charge in [0.15, 0.2) is 0 Å². The number of carbonyl (C=O) groups excluding carboxylic acids is 1. The van der Waals surface area contributed by atoms with Gasteiger partial charge in [0, 0.05) is 4.47 Å². The minimum Gasteiger partial charge on any atom is -0.481 e. The van der Waals surface area contributed by atoms with Gasteiger partial charge in [0.05, 0.1) is 19.1 Å². The Morgan fingerprint density at radius 1 is 1.40 bits per heavy atom. The molecule has 0 atom stereocenters. The number of benzene rings is 1. The molecule has 0 amide bonds. The molecule has 0 spiro atoms. The van der Waals surface area contributed by atoms with E-state index in [0.717, 1.165) is 0 Å². The minimum absolute atomic E-state index is 0.122. The first kappa shape index (κ1) is 11.7. The molecule has 1 rings (SSSR count). The van der Waals surface area contributed by atoms with Crippen molar-refractivity contribution in [3.05, 3.63) is 33.8 Å². The average Bonchev–Trinajstić information content (AvgIpc) is 2.14. The smallest absolute Gasteiger partial charge is 0.337 e. The van der Waals surface area contributed by atoms with Gasteiger partial charge in [0.1, 0.15) is 0 Å². The van der Waals surface area contributed by atoms with Crippen LogP contribution in [0.5, 0.6) is 0 Å². The van der Waals surface area contributed by atoms with E-state index < -0.39 is 11.9 Å². The molecule has 0 saturated carbocycles. The van der Waals surface area contributed by atoms with Crippen LogP contribution in [0.1, 0.15) is 15.9 Å². The van der Waals surface area contributed by atoms with Crippen molar-refractivity contribution in [2.24, 2.45) is 0 Å². The molecule has 0 radical (unpaired) electrons. The van der Waals surface area contributed by atoms with E-state index in [1.165, 1.54) is 13.2 Å². The second-order valence-electron chi connectivity index (χ2n) is 2.91. The predicted molar refractivity (Wildman–Crippen MR) is 56.8 cm³/mol. The van der Waals surface area contributed by atoms with Crippen LogP contribution in [0.25, 0.3) is 0 Å². The Morgan fingerprint density at radius 2 is 2.07 bits per heavy atom. The van der Waals surface area contributed by atoms with Gasteiger partial charge in [-0.05, 0) is 23.8 Å². The molecule has 0 unspecified atom stereocenters. The van der Waals surface area contributed by atoms with Crippen molar-refractivity contribution < 1.29 is 19.4 Å². The molecular weight excluding hydrogens is 264 g/mol. The summed E-state index contributed by atoms with van der Waals surface area (Å²) in [6, 6.07) is 4.74. The van der Waals surface area contributed by atoms with Crippen molar-refractivity contribution in [1.82, 2.24) is 0 Å². The molecule has 0 heterocycles. The van der Waals surface area contributed by atoms with Crippen molar-refractivity contribution >= 4 is 27.9 Å².